The van der Waals surface area contributed by atoms with Crippen molar-refractivity contribution in [3.63, 3.8) is 0 Å². The van der Waals surface area contributed by atoms with E-state index in [-0.39, 0.29) is 5.97 Å². The van der Waals surface area contributed by atoms with E-state index in [9.17, 15) is 4.79 Å². The number of hydrogen-bond acceptors (Lipinski definition) is 6. The molecular weight excluding hydrogens is 464 g/mol. The maximum Gasteiger partial charge on any atom is 0.330 e. The first kappa shape index (κ1) is 27.2. The van der Waals surface area contributed by atoms with Crippen LogP contribution in [0.25, 0.3) is 0 Å². The first-order chi connectivity index (χ1) is 17.1. The Kier molecular flexibility index (Phi) is 11.6. The van der Waals surface area contributed by atoms with Crippen molar-refractivity contribution in [2.45, 2.75) is 44.8 Å². The highest BCUT2D eigenvalue weighted by Crippen LogP contribution is 2.37. The van der Waals surface area contributed by atoms with Crippen LogP contribution in [0.3, 0.4) is 0 Å². The summed E-state index contributed by atoms with van der Waals surface area (Å²) in [6.07, 6.45) is 7.42. The number of methoxy groups -OCH3 is 1. The number of esters is 1. The SMILES string of the molecule is CCOC(=O)/C=C/CNCCCCN1c2ccccc2CCc2ccc(COCC(Cl)OC)cc21. The minimum Gasteiger partial charge on any atom is -0.463 e. The van der Waals surface area contributed by atoms with Gasteiger partial charge in [-0.2, -0.15) is 0 Å². The second kappa shape index (κ2) is 14.9. The van der Waals surface area contributed by atoms with E-state index in [0.717, 1.165) is 44.3 Å². The smallest absolute Gasteiger partial charge is 0.330 e. The van der Waals surface area contributed by atoms with E-state index in [1.807, 2.05) is 6.08 Å². The van der Waals surface area contributed by atoms with Gasteiger partial charge in [-0.15, -0.1) is 0 Å². The molecule has 35 heavy (non-hydrogen) atoms. The molecule has 1 heterocycles. The van der Waals surface area contributed by atoms with E-state index in [1.165, 1.54) is 28.6 Å². The van der Waals surface area contributed by atoms with Crippen molar-refractivity contribution in [3.8, 4) is 0 Å². The van der Waals surface area contributed by atoms with Crippen LogP contribution in [-0.4, -0.2) is 51.5 Å². The molecule has 0 saturated carbocycles. The molecule has 2 aromatic carbocycles. The Labute approximate surface area is 214 Å². The third-order valence-corrected chi connectivity index (χ3v) is 6.25. The molecule has 1 aliphatic heterocycles. The van der Waals surface area contributed by atoms with Gasteiger partial charge in [0.15, 0.2) is 5.56 Å². The van der Waals surface area contributed by atoms with Crippen LogP contribution in [0.2, 0.25) is 0 Å². The summed E-state index contributed by atoms with van der Waals surface area (Å²) in [5.41, 5.74) is 5.98. The van der Waals surface area contributed by atoms with E-state index in [4.69, 9.17) is 25.8 Å². The number of anilines is 2. The highest BCUT2D eigenvalue weighted by atomic mass is 35.5. The number of fused-ring (bicyclic) bond motifs is 2. The molecule has 0 saturated heterocycles. The highest BCUT2D eigenvalue weighted by molar-refractivity contribution is 6.19. The quantitative estimate of drug-likeness (QED) is 0.168. The van der Waals surface area contributed by atoms with Crippen molar-refractivity contribution in [2.24, 2.45) is 0 Å². The summed E-state index contributed by atoms with van der Waals surface area (Å²) in [5.74, 6) is -0.293. The van der Waals surface area contributed by atoms with Gasteiger partial charge in [-0.05, 0) is 68.0 Å². The normalized spacial score (nSPS) is 13.9. The largest absolute Gasteiger partial charge is 0.463 e. The maximum absolute atomic E-state index is 11.3. The van der Waals surface area contributed by atoms with Gasteiger partial charge in [0.2, 0.25) is 0 Å². The van der Waals surface area contributed by atoms with Gasteiger partial charge in [0, 0.05) is 37.7 Å². The van der Waals surface area contributed by atoms with Crippen LogP contribution in [0, 0.1) is 0 Å². The lowest BCUT2D eigenvalue weighted by Crippen LogP contribution is -2.22. The molecule has 7 heteroatoms. The number of alkyl halides is 1. The number of aryl methyl sites for hydroxylation is 2. The van der Waals surface area contributed by atoms with Crippen molar-refractivity contribution in [2.75, 3.05) is 44.9 Å². The van der Waals surface area contributed by atoms with Crippen LogP contribution >= 0.6 is 11.6 Å². The highest BCUT2D eigenvalue weighted by Gasteiger charge is 2.20. The average Bonchev–Trinajstić information content (AvgIpc) is 3.02. The van der Waals surface area contributed by atoms with Crippen LogP contribution in [0.5, 0.6) is 0 Å². The van der Waals surface area contributed by atoms with Gasteiger partial charge in [-0.25, -0.2) is 4.79 Å². The Morgan fingerprint density at radius 3 is 2.74 bits per heavy atom. The zero-order valence-electron chi connectivity index (χ0n) is 20.8. The number of carbonyl (C=O) groups is 1. The number of unbranched alkanes of at least 4 members (excludes halogenated alkanes) is 1. The number of benzene rings is 2. The topological polar surface area (TPSA) is 60.0 Å². The fourth-order valence-corrected chi connectivity index (χ4v) is 4.26. The molecular formula is C28H37ClN2O4. The zero-order chi connectivity index (χ0) is 24.9. The molecule has 1 atom stereocenters. The van der Waals surface area contributed by atoms with Crippen molar-refractivity contribution in [1.29, 1.82) is 0 Å². The third kappa shape index (κ3) is 8.65. The van der Waals surface area contributed by atoms with Gasteiger partial charge in [0.1, 0.15) is 0 Å². The van der Waals surface area contributed by atoms with E-state index in [0.29, 0.717) is 26.4 Å². The second-order valence-corrected chi connectivity index (χ2v) is 8.96. The molecule has 2 aromatic rings. The molecule has 0 aromatic heterocycles. The summed E-state index contributed by atoms with van der Waals surface area (Å²) in [6, 6.07) is 15.3. The monoisotopic (exact) mass is 500 g/mol. The molecule has 0 amide bonds. The first-order valence-electron chi connectivity index (χ1n) is 12.4. The van der Waals surface area contributed by atoms with Gasteiger partial charge in [-0.1, -0.05) is 48.0 Å². The number of nitrogens with zero attached hydrogens (tertiary/aromatic N) is 1. The van der Waals surface area contributed by atoms with Gasteiger partial charge >= 0.3 is 5.97 Å². The summed E-state index contributed by atoms with van der Waals surface area (Å²) < 4.78 is 15.7. The van der Waals surface area contributed by atoms with E-state index >= 15 is 0 Å². The summed E-state index contributed by atoms with van der Waals surface area (Å²) in [5, 5.41) is 3.37. The Balaban J connectivity index is 1.60. The molecule has 0 bridgehead atoms. The Bertz CT molecular complexity index is 966. The molecule has 1 N–H and O–H groups in total. The number of nitrogens with one attached hydrogen (secondary N) is 1. The van der Waals surface area contributed by atoms with E-state index < -0.39 is 5.56 Å². The fourth-order valence-electron chi connectivity index (χ4n) is 4.18. The van der Waals surface area contributed by atoms with Gasteiger partial charge in [0.05, 0.1) is 19.8 Å². The van der Waals surface area contributed by atoms with Crippen molar-refractivity contribution in [3.05, 3.63) is 71.3 Å². The lowest BCUT2D eigenvalue weighted by molar-refractivity contribution is -0.137. The Hall–Kier alpha value is -2.38. The van der Waals surface area contributed by atoms with Gasteiger partial charge in [0.25, 0.3) is 0 Å². The predicted molar refractivity (Wildman–Crippen MR) is 141 cm³/mol. The number of para-hydroxylation sites is 1. The van der Waals surface area contributed by atoms with E-state index in [1.54, 1.807) is 14.0 Å². The van der Waals surface area contributed by atoms with Gasteiger partial charge < -0.3 is 24.4 Å². The first-order valence-corrected chi connectivity index (χ1v) is 12.8. The number of carbonyl (C=O) groups excluding carboxylic acids is 1. The second-order valence-electron chi connectivity index (χ2n) is 8.47. The minimum absolute atomic E-state index is 0.293. The lowest BCUT2D eigenvalue weighted by atomic mass is 10.0. The summed E-state index contributed by atoms with van der Waals surface area (Å²) in [7, 11) is 1.58. The molecule has 6 nitrogen and oxygen atoms in total. The number of hydrogen-bond donors (Lipinski definition) is 1. The van der Waals surface area contributed by atoms with Crippen molar-refractivity contribution in [1.82, 2.24) is 5.32 Å². The summed E-state index contributed by atoms with van der Waals surface area (Å²) in [4.78, 5) is 13.8. The molecule has 0 radical (unpaired) electrons. The van der Waals surface area contributed by atoms with Gasteiger partial charge in [-0.3, -0.25) is 0 Å². The van der Waals surface area contributed by atoms with Crippen LogP contribution in [0.4, 0.5) is 11.4 Å². The maximum atomic E-state index is 11.3. The Morgan fingerprint density at radius 2 is 1.94 bits per heavy atom. The van der Waals surface area contributed by atoms with Crippen LogP contribution < -0.4 is 10.2 Å². The van der Waals surface area contributed by atoms with Crippen LogP contribution in [-0.2, 0) is 38.5 Å². The number of halogens is 1. The number of ether oxygens (including phenoxy) is 3. The predicted octanol–water partition coefficient (Wildman–Crippen LogP) is 5.14. The van der Waals surface area contributed by atoms with Crippen molar-refractivity contribution >= 4 is 28.9 Å². The lowest BCUT2D eigenvalue weighted by Gasteiger charge is -2.27. The van der Waals surface area contributed by atoms with E-state index in [2.05, 4.69) is 52.7 Å². The van der Waals surface area contributed by atoms with Crippen molar-refractivity contribution < 1.29 is 19.0 Å². The molecule has 1 unspecified atom stereocenters. The molecule has 0 aliphatic carbocycles. The molecule has 0 spiro atoms. The zero-order valence-corrected chi connectivity index (χ0v) is 21.6. The summed E-state index contributed by atoms with van der Waals surface area (Å²) in [6.45, 7) is 5.53. The third-order valence-electron chi connectivity index (χ3n) is 5.95. The minimum atomic E-state index is -0.437. The Morgan fingerprint density at radius 1 is 1.14 bits per heavy atom. The van der Waals surface area contributed by atoms with Crippen LogP contribution in [0.1, 0.15) is 36.5 Å². The molecule has 1 aliphatic rings. The summed E-state index contributed by atoms with van der Waals surface area (Å²) >= 11 is 6.00. The molecule has 0 fully saturated rings. The fraction of sp³-hybridized carbons (Fsp3) is 0.464. The van der Waals surface area contributed by atoms with Crippen LogP contribution in [0.15, 0.2) is 54.6 Å². The number of rotatable bonds is 14. The molecule has 190 valence electrons. The molecule has 3 rings (SSSR count). The average molecular weight is 501 g/mol. The standard InChI is InChI=1S/C28H37ClN2O4/c1-3-35-28(32)11-8-17-30-16-6-7-18-31-25-10-5-4-9-23(25)14-15-24-13-12-22(19-26(24)31)20-34-21-27(29)33-2/h4-5,8-13,19,27,30H,3,6-7,14-18,20-21H2,1-2H3/b11-8+.